The number of hydrogen-bond donors (Lipinski definition) is 1. The van der Waals surface area contributed by atoms with Gasteiger partial charge in [0.1, 0.15) is 10.6 Å². The van der Waals surface area contributed by atoms with Crippen molar-refractivity contribution in [2.45, 2.75) is 48.9 Å². The monoisotopic (exact) mass is 482 g/mol. The smallest absolute Gasteiger partial charge is 0.272 e. The molecule has 0 aliphatic carbocycles. The van der Waals surface area contributed by atoms with Crippen LogP contribution in [0.1, 0.15) is 43.6 Å². The first-order valence-corrected chi connectivity index (χ1v) is 13.4. The first kappa shape index (κ1) is 24.4. The number of rotatable bonds is 7. The number of anilines is 1. The van der Waals surface area contributed by atoms with Crippen molar-refractivity contribution < 1.29 is 21.6 Å². The summed E-state index contributed by atoms with van der Waals surface area (Å²) in [7, 11) is -4.14. The van der Waals surface area contributed by atoms with Crippen molar-refractivity contribution in [2.75, 3.05) is 25.5 Å². The standard InChI is InChI=1S/C21H30N4O5S2/c1-16(2)24(4)31(27,28)18-10-8-17(9-11-18)22-21(26)20-14-19(15-23(20)3)32(29,30)25-12-6-5-7-13-25/h8-11,14-16H,5-7,12-13H2,1-4H3,(H,22,26). The van der Waals surface area contributed by atoms with Crippen LogP contribution in [0.4, 0.5) is 5.69 Å². The van der Waals surface area contributed by atoms with Gasteiger partial charge in [0.25, 0.3) is 5.91 Å². The summed E-state index contributed by atoms with van der Waals surface area (Å²) in [4.78, 5) is 13.0. The van der Waals surface area contributed by atoms with Gasteiger partial charge in [-0.3, -0.25) is 4.79 Å². The van der Waals surface area contributed by atoms with Gasteiger partial charge in [0, 0.05) is 45.1 Å². The van der Waals surface area contributed by atoms with Gasteiger partial charge in [0.05, 0.1) is 4.90 Å². The summed E-state index contributed by atoms with van der Waals surface area (Å²) in [5, 5.41) is 2.70. The molecule has 2 aromatic rings. The number of hydrogen-bond acceptors (Lipinski definition) is 5. The SMILES string of the molecule is CC(C)N(C)S(=O)(=O)c1ccc(NC(=O)c2cc(S(=O)(=O)N3CCCCC3)cn2C)cc1. The van der Waals surface area contributed by atoms with Gasteiger partial charge in [-0.15, -0.1) is 0 Å². The second kappa shape index (κ2) is 9.34. The minimum absolute atomic E-state index is 0.0882. The number of carbonyl (C=O) groups excluding carboxylic acids is 1. The summed E-state index contributed by atoms with van der Waals surface area (Å²) in [5.41, 5.74) is 0.597. The molecule has 176 valence electrons. The fraction of sp³-hybridized carbons (Fsp3) is 0.476. The lowest BCUT2D eigenvalue weighted by molar-refractivity contribution is 0.101. The van der Waals surface area contributed by atoms with E-state index in [1.54, 1.807) is 20.9 Å². The average Bonchev–Trinajstić information content (AvgIpc) is 3.16. The van der Waals surface area contributed by atoms with Gasteiger partial charge < -0.3 is 9.88 Å². The van der Waals surface area contributed by atoms with E-state index in [1.807, 2.05) is 0 Å². The van der Waals surface area contributed by atoms with Crippen LogP contribution in [-0.2, 0) is 27.1 Å². The highest BCUT2D eigenvalue weighted by atomic mass is 32.2. The molecular weight excluding hydrogens is 452 g/mol. The number of nitrogens with zero attached hydrogens (tertiary/aromatic N) is 3. The van der Waals surface area contributed by atoms with E-state index >= 15 is 0 Å². The molecule has 11 heteroatoms. The maximum Gasteiger partial charge on any atom is 0.272 e. The predicted octanol–water partition coefficient (Wildman–Crippen LogP) is 2.48. The summed E-state index contributed by atoms with van der Waals surface area (Å²) >= 11 is 0. The minimum Gasteiger partial charge on any atom is -0.345 e. The van der Waals surface area contributed by atoms with Crippen LogP contribution in [-0.4, -0.2) is 62.1 Å². The second-order valence-electron chi connectivity index (χ2n) is 8.23. The first-order valence-electron chi connectivity index (χ1n) is 10.5. The third-order valence-corrected chi connectivity index (χ3v) is 9.59. The Labute approximate surface area is 190 Å². The Morgan fingerprint density at radius 1 is 1.00 bits per heavy atom. The summed E-state index contributed by atoms with van der Waals surface area (Å²) in [5.74, 6) is -0.484. The van der Waals surface area contributed by atoms with E-state index < -0.39 is 26.0 Å². The lowest BCUT2D eigenvalue weighted by atomic mass is 10.2. The highest BCUT2D eigenvalue weighted by molar-refractivity contribution is 7.89. The number of aryl methyl sites for hydroxylation is 1. The molecule has 1 saturated heterocycles. The van der Waals surface area contributed by atoms with Crippen molar-refractivity contribution in [1.82, 2.24) is 13.2 Å². The number of nitrogens with one attached hydrogen (secondary N) is 1. The topological polar surface area (TPSA) is 109 Å². The quantitative estimate of drug-likeness (QED) is 0.652. The maximum atomic E-state index is 12.9. The number of piperidine rings is 1. The van der Waals surface area contributed by atoms with E-state index in [0.717, 1.165) is 19.3 Å². The molecule has 1 fully saturated rings. The number of sulfonamides is 2. The van der Waals surface area contributed by atoms with Crippen molar-refractivity contribution in [3.63, 3.8) is 0 Å². The van der Waals surface area contributed by atoms with E-state index in [4.69, 9.17) is 0 Å². The fourth-order valence-corrected chi connectivity index (χ4v) is 6.46. The van der Waals surface area contributed by atoms with Crippen molar-refractivity contribution in [2.24, 2.45) is 7.05 Å². The molecule has 1 aromatic carbocycles. The summed E-state index contributed by atoms with van der Waals surface area (Å²) in [6.45, 7) is 4.54. The largest absolute Gasteiger partial charge is 0.345 e. The molecule has 0 bridgehead atoms. The van der Waals surface area contributed by atoms with E-state index in [1.165, 1.54) is 56.8 Å². The number of carbonyl (C=O) groups is 1. The Bertz CT molecular complexity index is 1180. The molecule has 0 atom stereocenters. The third-order valence-electron chi connectivity index (χ3n) is 5.68. The highest BCUT2D eigenvalue weighted by Crippen LogP contribution is 2.23. The van der Waals surface area contributed by atoms with Gasteiger partial charge in [-0.1, -0.05) is 6.42 Å². The van der Waals surface area contributed by atoms with Crippen LogP contribution >= 0.6 is 0 Å². The molecule has 9 nitrogen and oxygen atoms in total. The lowest BCUT2D eigenvalue weighted by Crippen LogP contribution is -2.35. The first-order chi connectivity index (χ1) is 14.9. The zero-order valence-corrected chi connectivity index (χ0v) is 20.4. The maximum absolute atomic E-state index is 12.9. The minimum atomic E-state index is -3.65. The molecule has 0 radical (unpaired) electrons. The van der Waals surface area contributed by atoms with Crippen LogP contribution in [0.25, 0.3) is 0 Å². The molecule has 2 heterocycles. The molecule has 1 aliphatic heterocycles. The van der Waals surface area contributed by atoms with E-state index in [2.05, 4.69) is 5.32 Å². The fourth-order valence-electron chi connectivity index (χ4n) is 3.50. The molecule has 1 amide bonds. The van der Waals surface area contributed by atoms with Gasteiger partial charge in [0.15, 0.2) is 0 Å². The van der Waals surface area contributed by atoms with E-state index in [0.29, 0.717) is 18.8 Å². The van der Waals surface area contributed by atoms with Gasteiger partial charge in [0.2, 0.25) is 20.0 Å². The van der Waals surface area contributed by atoms with Crippen molar-refractivity contribution >= 4 is 31.6 Å². The van der Waals surface area contributed by atoms with Crippen molar-refractivity contribution in [3.8, 4) is 0 Å². The molecular formula is C21H30N4O5S2. The van der Waals surface area contributed by atoms with Gasteiger partial charge in [-0.25, -0.2) is 16.8 Å². The number of aromatic nitrogens is 1. The Balaban J connectivity index is 1.77. The molecule has 3 rings (SSSR count). The van der Waals surface area contributed by atoms with Crippen molar-refractivity contribution in [1.29, 1.82) is 0 Å². The molecule has 32 heavy (non-hydrogen) atoms. The highest BCUT2D eigenvalue weighted by Gasteiger charge is 2.28. The molecule has 0 saturated carbocycles. The molecule has 1 aromatic heterocycles. The third kappa shape index (κ3) is 4.90. The molecule has 0 spiro atoms. The van der Waals surface area contributed by atoms with Crippen LogP contribution in [0.3, 0.4) is 0 Å². The summed E-state index contributed by atoms with van der Waals surface area (Å²) in [6.07, 6.45) is 4.12. The average molecular weight is 483 g/mol. The van der Waals surface area contributed by atoms with Crippen LogP contribution in [0, 0.1) is 0 Å². The second-order valence-corrected chi connectivity index (χ2v) is 12.2. The van der Waals surface area contributed by atoms with Gasteiger partial charge in [-0.2, -0.15) is 8.61 Å². The number of amides is 1. The normalized spacial score (nSPS) is 15.9. The zero-order chi connectivity index (χ0) is 23.7. The summed E-state index contributed by atoms with van der Waals surface area (Å²) in [6, 6.07) is 7.06. The van der Waals surface area contributed by atoms with Crippen LogP contribution in [0.5, 0.6) is 0 Å². The van der Waals surface area contributed by atoms with Gasteiger partial charge in [-0.05, 0) is 57.0 Å². The zero-order valence-electron chi connectivity index (χ0n) is 18.8. The predicted molar refractivity (Wildman–Crippen MR) is 123 cm³/mol. The molecule has 1 aliphatic rings. The Kier molecular flexibility index (Phi) is 7.13. The Hall–Kier alpha value is -2.21. The Morgan fingerprint density at radius 3 is 2.16 bits per heavy atom. The van der Waals surface area contributed by atoms with Crippen molar-refractivity contribution in [3.05, 3.63) is 42.2 Å². The lowest BCUT2D eigenvalue weighted by Gasteiger charge is -2.25. The van der Waals surface area contributed by atoms with E-state index in [-0.39, 0.29) is 21.5 Å². The summed E-state index contributed by atoms with van der Waals surface area (Å²) < 4.78 is 55.1. The van der Waals surface area contributed by atoms with E-state index in [9.17, 15) is 21.6 Å². The van der Waals surface area contributed by atoms with Crippen LogP contribution in [0.15, 0.2) is 46.3 Å². The molecule has 0 unspecified atom stereocenters. The Morgan fingerprint density at radius 2 is 1.59 bits per heavy atom. The molecule has 1 N–H and O–H groups in total. The van der Waals surface area contributed by atoms with Crippen LogP contribution in [0.2, 0.25) is 0 Å². The number of benzene rings is 1. The van der Waals surface area contributed by atoms with Crippen LogP contribution < -0.4 is 5.32 Å². The van der Waals surface area contributed by atoms with Gasteiger partial charge >= 0.3 is 0 Å².